The molecule has 1 aliphatic rings. The van der Waals surface area contributed by atoms with Crippen LogP contribution in [0.5, 0.6) is 0 Å². The molecule has 3 rings (SSSR count). The van der Waals surface area contributed by atoms with Crippen LogP contribution in [0.1, 0.15) is 26.3 Å². The fraction of sp³-hybridized carbons (Fsp3) is 0.471. The van der Waals surface area contributed by atoms with Crippen LogP contribution >= 0.6 is 11.8 Å². The summed E-state index contributed by atoms with van der Waals surface area (Å²) in [5.74, 6) is 1.49. The highest BCUT2D eigenvalue weighted by Crippen LogP contribution is 2.27. The number of cyclic esters (lactones) is 1. The predicted octanol–water partition coefficient (Wildman–Crippen LogP) is 2.98. The second-order valence-corrected chi connectivity index (χ2v) is 7.90. The molecule has 1 unspecified atom stereocenters. The van der Waals surface area contributed by atoms with Gasteiger partial charge in [-0.25, -0.2) is 4.79 Å². The van der Waals surface area contributed by atoms with Crippen LogP contribution in [0, 0.1) is 0 Å². The number of amides is 1. The Morgan fingerprint density at radius 1 is 1.29 bits per heavy atom. The van der Waals surface area contributed by atoms with Crippen LogP contribution in [0.4, 0.5) is 4.79 Å². The molecule has 0 spiro atoms. The van der Waals surface area contributed by atoms with Gasteiger partial charge in [0, 0.05) is 18.4 Å². The smallest absolute Gasteiger partial charge is 0.407 e. The Balaban J connectivity index is 1.71. The van der Waals surface area contributed by atoms with Gasteiger partial charge in [0.2, 0.25) is 0 Å². The maximum absolute atomic E-state index is 11.0. The molecule has 1 aliphatic heterocycles. The van der Waals surface area contributed by atoms with Crippen LogP contribution in [0.2, 0.25) is 0 Å². The van der Waals surface area contributed by atoms with Crippen molar-refractivity contribution in [1.29, 1.82) is 0 Å². The van der Waals surface area contributed by atoms with E-state index in [1.54, 1.807) is 11.8 Å². The van der Waals surface area contributed by atoms with E-state index >= 15 is 0 Å². The average molecular weight is 346 g/mol. The Hall–Kier alpha value is -2.02. The lowest BCUT2D eigenvalue weighted by Crippen LogP contribution is -2.17. The predicted molar refractivity (Wildman–Crippen MR) is 94.1 cm³/mol. The number of thioether (sulfide) groups is 1. The van der Waals surface area contributed by atoms with Crippen molar-refractivity contribution in [1.82, 2.24) is 20.1 Å². The number of carbonyl (C=O) groups is 1. The van der Waals surface area contributed by atoms with E-state index in [1.165, 1.54) is 5.56 Å². The average Bonchev–Trinajstić information content (AvgIpc) is 3.10. The number of benzene rings is 1. The van der Waals surface area contributed by atoms with E-state index in [0.717, 1.165) is 16.5 Å². The molecule has 1 saturated heterocycles. The van der Waals surface area contributed by atoms with Crippen molar-refractivity contribution < 1.29 is 9.53 Å². The summed E-state index contributed by atoms with van der Waals surface area (Å²) in [5, 5.41) is 12.0. The van der Waals surface area contributed by atoms with Crippen LogP contribution in [0.25, 0.3) is 11.4 Å². The summed E-state index contributed by atoms with van der Waals surface area (Å²) >= 11 is 1.54. The van der Waals surface area contributed by atoms with Crippen molar-refractivity contribution >= 4 is 17.9 Å². The molecule has 0 saturated carbocycles. The maximum Gasteiger partial charge on any atom is 0.407 e. The zero-order valence-corrected chi connectivity index (χ0v) is 15.2. The number of rotatable bonds is 4. The molecule has 1 fully saturated rings. The maximum atomic E-state index is 11.0. The van der Waals surface area contributed by atoms with Crippen molar-refractivity contribution in [2.24, 2.45) is 7.05 Å². The van der Waals surface area contributed by atoms with Gasteiger partial charge < -0.3 is 14.6 Å². The molecule has 6 nitrogen and oxygen atoms in total. The first-order valence-electron chi connectivity index (χ1n) is 7.92. The summed E-state index contributed by atoms with van der Waals surface area (Å²) in [7, 11) is 1.95. The summed E-state index contributed by atoms with van der Waals surface area (Å²) in [6.45, 7) is 7.14. The summed E-state index contributed by atoms with van der Waals surface area (Å²) in [6, 6.07) is 8.45. The van der Waals surface area contributed by atoms with Gasteiger partial charge in [-0.3, -0.25) is 0 Å². The van der Waals surface area contributed by atoms with Gasteiger partial charge in [0.25, 0.3) is 0 Å². The largest absolute Gasteiger partial charge is 0.443 e. The highest BCUT2D eigenvalue weighted by Gasteiger charge is 2.23. The van der Waals surface area contributed by atoms with Gasteiger partial charge in [-0.05, 0) is 11.0 Å². The fourth-order valence-corrected chi connectivity index (χ4v) is 3.40. The van der Waals surface area contributed by atoms with Gasteiger partial charge in [-0.15, -0.1) is 10.2 Å². The molecular formula is C17H22N4O2S. The van der Waals surface area contributed by atoms with Gasteiger partial charge in [0.15, 0.2) is 11.0 Å². The number of aromatic nitrogens is 3. The first kappa shape index (κ1) is 16.8. The Bertz CT molecular complexity index is 734. The Labute approximate surface area is 146 Å². The molecule has 1 N–H and O–H groups in total. The Morgan fingerprint density at radius 3 is 2.58 bits per heavy atom. The molecule has 7 heteroatoms. The standard InChI is InChI=1S/C17H22N4O2S/c1-17(2,3)12-7-5-11(6-8-12)14-19-20-15(21(14)4)24-10-13-9-18-16(22)23-13/h5-8,13H,9-10H2,1-4H3,(H,18,22). The molecule has 0 radical (unpaired) electrons. The summed E-state index contributed by atoms with van der Waals surface area (Å²) in [5.41, 5.74) is 2.46. The summed E-state index contributed by atoms with van der Waals surface area (Å²) < 4.78 is 7.10. The zero-order chi connectivity index (χ0) is 17.3. The summed E-state index contributed by atoms with van der Waals surface area (Å²) in [4.78, 5) is 11.0. The van der Waals surface area contributed by atoms with Crippen molar-refractivity contribution in [3.63, 3.8) is 0 Å². The lowest BCUT2D eigenvalue weighted by molar-refractivity contribution is 0.150. The molecule has 0 aliphatic carbocycles. The van der Waals surface area contributed by atoms with Crippen LogP contribution < -0.4 is 5.32 Å². The van der Waals surface area contributed by atoms with Crippen molar-refractivity contribution in [3.05, 3.63) is 29.8 Å². The van der Waals surface area contributed by atoms with E-state index in [-0.39, 0.29) is 17.6 Å². The van der Waals surface area contributed by atoms with Gasteiger partial charge >= 0.3 is 6.09 Å². The monoisotopic (exact) mass is 346 g/mol. The van der Waals surface area contributed by atoms with Gasteiger partial charge in [-0.1, -0.05) is 56.8 Å². The van der Waals surface area contributed by atoms with Crippen LogP contribution in [0.15, 0.2) is 29.4 Å². The molecule has 0 bridgehead atoms. The molecule has 2 heterocycles. The van der Waals surface area contributed by atoms with E-state index in [4.69, 9.17) is 4.74 Å². The zero-order valence-electron chi connectivity index (χ0n) is 14.4. The number of ether oxygens (including phenoxy) is 1. The SMILES string of the molecule is Cn1c(SCC2CNC(=O)O2)nnc1-c1ccc(C(C)(C)C)cc1. The third-order valence-corrected chi connectivity index (χ3v) is 5.14. The third kappa shape index (κ3) is 3.56. The lowest BCUT2D eigenvalue weighted by Gasteiger charge is -2.19. The van der Waals surface area contributed by atoms with E-state index in [0.29, 0.717) is 12.3 Å². The minimum atomic E-state index is -0.349. The Morgan fingerprint density at radius 2 is 2.00 bits per heavy atom. The molecule has 2 aromatic rings. The fourth-order valence-electron chi connectivity index (χ4n) is 2.50. The van der Waals surface area contributed by atoms with Crippen molar-refractivity contribution in [2.45, 2.75) is 37.4 Å². The normalized spacial score (nSPS) is 17.7. The molecule has 128 valence electrons. The van der Waals surface area contributed by atoms with Crippen LogP contribution in [0.3, 0.4) is 0 Å². The highest BCUT2D eigenvalue weighted by molar-refractivity contribution is 7.99. The van der Waals surface area contributed by atoms with Crippen molar-refractivity contribution in [2.75, 3.05) is 12.3 Å². The van der Waals surface area contributed by atoms with E-state index < -0.39 is 0 Å². The second kappa shape index (κ2) is 6.47. The minimum absolute atomic E-state index is 0.117. The molecule has 1 aromatic carbocycles. The van der Waals surface area contributed by atoms with E-state index in [2.05, 4.69) is 60.6 Å². The number of nitrogens with zero attached hydrogens (tertiary/aromatic N) is 3. The van der Waals surface area contributed by atoms with E-state index in [1.807, 2.05) is 11.6 Å². The van der Waals surface area contributed by atoms with E-state index in [9.17, 15) is 4.79 Å². The molecular weight excluding hydrogens is 324 g/mol. The molecule has 1 atom stereocenters. The van der Waals surface area contributed by atoms with Gasteiger partial charge in [0.1, 0.15) is 6.10 Å². The van der Waals surface area contributed by atoms with Crippen LogP contribution in [-0.2, 0) is 17.2 Å². The molecule has 24 heavy (non-hydrogen) atoms. The quantitative estimate of drug-likeness (QED) is 0.862. The summed E-state index contributed by atoms with van der Waals surface area (Å²) in [6.07, 6.45) is -0.466. The topological polar surface area (TPSA) is 69.0 Å². The first-order chi connectivity index (χ1) is 11.3. The lowest BCUT2D eigenvalue weighted by atomic mass is 9.87. The molecule has 1 aromatic heterocycles. The van der Waals surface area contributed by atoms with Crippen LogP contribution in [-0.4, -0.2) is 39.3 Å². The highest BCUT2D eigenvalue weighted by atomic mass is 32.2. The second-order valence-electron chi connectivity index (χ2n) is 6.91. The number of carbonyl (C=O) groups excluding carboxylic acids is 1. The Kier molecular flexibility index (Phi) is 4.54. The number of hydrogen-bond donors (Lipinski definition) is 1. The first-order valence-corrected chi connectivity index (χ1v) is 8.91. The molecule has 1 amide bonds. The number of nitrogens with one attached hydrogen (secondary N) is 1. The number of hydrogen-bond acceptors (Lipinski definition) is 5. The number of alkyl carbamates (subject to hydrolysis) is 1. The van der Waals surface area contributed by atoms with Gasteiger partial charge in [-0.2, -0.15) is 0 Å². The van der Waals surface area contributed by atoms with Gasteiger partial charge in [0.05, 0.1) is 6.54 Å². The van der Waals surface area contributed by atoms with Crippen molar-refractivity contribution in [3.8, 4) is 11.4 Å². The third-order valence-electron chi connectivity index (χ3n) is 3.99. The minimum Gasteiger partial charge on any atom is -0.443 e.